The highest BCUT2D eigenvalue weighted by atomic mass is 19.4. The number of pyridine rings is 1. The molecule has 0 unspecified atom stereocenters. The second-order valence-electron chi connectivity index (χ2n) is 9.01. The number of imidazole rings is 1. The maximum absolute atomic E-state index is 13.1. The average molecular weight is 470 g/mol. The molecule has 0 radical (unpaired) electrons. The maximum atomic E-state index is 13.1. The van der Waals surface area contributed by atoms with E-state index in [1.165, 1.54) is 4.40 Å². The summed E-state index contributed by atoms with van der Waals surface area (Å²) in [6, 6.07) is 13.0. The van der Waals surface area contributed by atoms with Crippen LogP contribution in [0.2, 0.25) is 0 Å². The molecule has 3 aromatic heterocycles. The van der Waals surface area contributed by atoms with Gasteiger partial charge in [-0.3, -0.25) is 9.20 Å². The van der Waals surface area contributed by atoms with E-state index >= 15 is 0 Å². The minimum atomic E-state index is -4.48. The van der Waals surface area contributed by atoms with Gasteiger partial charge in [0.1, 0.15) is 11.5 Å². The largest absolute Gasteiger partial charge is 0.434 e. The monoisotopic (exact) mass is 469 g/mol. The third-order valence-electron chi connectivity index (χ3n) is 6.77. The van der Waals surface area contributed by atoms with Crippen LogP contribution < -0.4 is 10.6 Å². The Kier molecular flexibility index (Phi) is 5.50. The molecule has 0 bridgehead atoms. The fraction of sp³-hybridized carbons (Fsp3) is 0.360. The van der Waals surface area contributed by atoms with E-state index in [1.807, 2.05) is 38.2 Å². The van der Waals surface area contributed by atoms with Crippen molar-refractivity contribution in [2.45, 2.75) is 50.9 Å². The molecule has 0 saturated heterocycles. The van der Waals surface area contributed by atoms with Gasteiger partial charge in [0, 0.05) is 47.5 Å². The summed E-state index contributed by atoms with van der Waals surface area (Å²) in [4.78, 5) is 16.7. The van der Waals surface area contributed by atoms with Gasteiger partial charge in [0.05, 0.1) is 0 Å². The molecule has 1 amide bonds. The number of alkyl halides is 3. The predicted molar refractivity (Wildman–Crippen MR) is 125 cm³/mol. The highest BCUT2D eigenvalue weighted by molar-refractivity contribution is 6.06. The molecule has 5 rings (SSSR count). The number of nitrogens with zero attached hydrogens (tertiary/aromatic N) is 3. The third-order valence-corrected chi connectivity index (χ3v) is 6.77. The highest BCUT2D eigenvalue weighted by Gasteiger charge is 2.34. The molecular weight excluding hydrogens is 443 g/mol. The summed E-state index contributed by atoms with van der Waals surface area (Å²) >= 11 is 0. The third kappa shape index (κ3) is 4.10. The summed E-state index contributed by atoms with van der Waals surface area (Å²) in [6.45, 7) is 2.02. The first-order valence-corrected chi connectivity index (χ1v) is 11.4. The van der Waals surface area contributed by atoms with Crippen molar-refractivity contribution >= 4 is 28.3 Å². The molecule has 0 atom stereocenters. The van der Waals surface area contributed by atoms with Crippen molar-refractivity contribution in [3.8, 4) is 0 Å². The molecule has 34 heavy (non-hydrogen) atoms. The Labute approximate surface area is 194 Å². The predicted octanol–water partition coefficient (Wildman–Crippen LogP) is 5.31. The van der Waals surface area contributed by atoms with Gasteiger partial charge in [-0.15, -0.1) is 0 Å². The van der Waals surface area contributed by atoms with E-state index < -0.39 is 11.9 Å². The van der Waals surface area contributed by atoms with Crippen molar-refractivity contribution in [3.05, 3.63) is 65.6 Å². The first-order chi connectivity index (χ1) is 16.2. The Morgan fingerprint density at radius 3 is 2.50 bits per heavy atom. The lowest BCUT2D eigenvalue weighted by molar-refractivity contribution is -0.140. The van der Waals surface area contributed by atoms with Crippen LogP contribution in [-0.2, 0) is 13.2 Å². The van der Waals surface area contributed by atoms with Crippen LogP contribution in [0.1, 0.15) is 47.4 Å². The van der Waals surface area contributed by atoms with Crippen molar-refractivity contribution in [2.24, 2.45) is 7.05 Å². The molecule has 2 N–H and O–H groups in total. The number of hydrogen-bond acceptors (Lipinski definition) is 3. The van der Waals surface area contributed by atoms with Crippen LogP contribution >= 0.6 is 0 Å². The fourth-order valence-electron chi connectivity index (χ4n) is 4.81. The zero-order valence-corrected chi connectivity index (χ0v) is 19.0. The molecule has 1 saturated carbocycles. The number of carbonyl (C=O) groups excluding carboxylic acids is 1. The number of rotatable bonds is 4. The van der Waals surface area contributed by atoms with Crippen molar-refractivity contribution in [1.82, 2.24) is 19.3 Å². The number of anilines is 1. The first kappa shape index (κ1) is 22.3. The molecule has 6 nitrogen and oxygen atoms in total. The SMILES string of the molecule is Cc1cc2c(C(=O)N[C@H]3CC[C@@H](Nc4cccc5nc(C(F)(F)F)cn45)CC3)cccc2n1C. The van der Waals surface area contributed by atoms with Crippen LogP contribution in [0.3, 0.4) is 0 Å². The van der Waals surface area contributed by atoms with E-state index in [4.69, 9.17) is 0 Å². The van der Waals surface area contributed by atoms with Crippen molar-refractivity contribution in [3.63, 3.8) is 0 Å². The molecule has 1 aliphatic rings. The number of aryl methyl sites for hydroxylation is 2. The second-order valence-corrected chi connectivity index (χ2v) is 9.01. The van der Waals surface area contributed by atoms with Crippen LogP contribution in [0.4, 0.5) is 19.0 Å². The lowest BCUT2D eigenvalue weighted by Crippen LogP contribution is -2.40. The van der Waals surface area contributed by atoms with Gasteiger partial charge >= 0.3 is 6.18 Å². The lowest BCUT2D eigenvalue weighted by Gasteiger charge is -2.30. The number of fused-ring (bicyclic) bond motifs is 2. The zero-order valence-electron chi connectivity index (χ0n) is 19.0. The highest BCUT2D eigenvalue weighted by Crippen LogP contribution is 2.30. The minimum Gasteiger partial charge on any atom is -0.368 e. The fourth-order valence-corrected chi connectivity index (χ4v) is 4.81. The van der Waals surface area contributed by atoms with Crippen LogP contribution in [0.15, 0.2) is 48.7 Å². The molecule has 1 fully saturated rings. The van der Waals surface area contributed by atoms with Gasteiger partial charge in [-0.1, -0.05) is 12.1 Å². The quantitative estimate of drug-likeness (QED) is 0.426. The normalized spacial score (nSPS) is 19.0. The molecule has 4 aromatic rings. The van der Waals surface area contributed by atoms with Gasteiger partial charge in [-0.2, -0.15) is 13.2 Å². The number of benzene rings is 1. The van der Waals surface area contributed by atoms with Crippen LogP contribution in [0, 0.1) is 6.92 Å². The van der Waals surface area contributed by atoms with Gasteiger partial charge in [0.2, 0.25) is 0 Å². The van der Waals surface area contributed by atoms with Gasteiger partial charge in [0.25, 0.3) is 5.91 Å². The van der Waals surface area contributed by atoms with Crippen molar-refractivity contribution in [2.75, 3.05) is 5.32 Å². The summed E-state index contributed by atoms with van der Waals surface area (Å²) in [7, 11) is 1.99. The molecule has 0 spiro atoms. The topological polar surface area (TPSA) is 63.4 Å². The van der Waals surface area contributed by atoms with E-state index in [0.29, 0.717) is 11.4 Å². The van der Waals surface area contributed by atoms with Gasteiger partial charge < -0.3 is 15.2 Å². The number of hydrogen-bond donors (Lipinski definition) is 2. The van der Waals surface area contributed by atoms with Crippen LogP contribution in [0.25, 0.3) is 16.6 Å². The molecule has 0 aliphatic heterocycles. The van der Waals surface area contributed by atoms with Crippen molar-refractivity contribution < 1.29 is 18.0 Å². The Balaban J connectivity index is 1.23. The number of carbonyl (C=O) groups is 1. The van der Waals surface area contributed by atoms with Gasteiger partial charge in [0.15, 0.2) is 5.69 Å². The Morgan fingerprint density at radius 1 is 1.06 bits per heavy atom. The minimum absolute atomic E-state index is 0.0616. The maximum Gasteiger partial charge on any atom is 0.434 e. The summed E-state index contributed by atoms with van der Waals surface area (Å²) < 4.78 is 42.7. The van der Waals surface area contributed by atoms with E-state index in [1.54, 1.807) is 18.2 Å². The summed E-state index contributed by atoms with van der Waals surface area (Å²) in [5.41, 5.74) is 2.15. The smallest absolute Gasteiger partial charge is 0.368 e. The summed E-state index contributed by atoms with van der Waals surface area (Å²) in [5, 5.41) is 7.49. The van der Waals surface area contributed by atoms with Crippen molar-refractivity contribution in [1.29, 1.82) is 0 Å². The van der Waals surface area contributed by atoms with E-state index in [-0.39, 0.29) is 23.6 Å². The molecular formula is C25H26F3N5O. The van der Waals surface area contributed by atoms with Gasteiger partial charge in [-0.25, -0.2) is 4.98 Å². The molecule has 1 aromatic carbocycles. The van der Waals surface area contributed by atoms with E-state index in [2.05, 4.69) is 20.2 Å². The average Bonchev–Trinajstić information content (AvgIpc) is 3.37. The number of halogens is 3. The molecule has 178 valence electrons. The van der Waals surface area contributed by atoms with E-state index in [0.717, 1.165) is 48.5 Å². The second kappa shape index (κ2) is 8.38. The standard InChI is InChI=1S/C25H26F3N5O/c1-15-13-19-18(5-3-6-20(19)32(15)2)24(34)30-17-11-9-16(10-12-17)29-22-7-4-8-23-31-21(14-33(22)23)25(26,27)28/h3-8,13-14,16-17,29H,9-12H2,1-2H3,(H,30,34)/t16-,17+. The zero-order chi connectivity index (χ0) is 24.0. The molecule has 9 heteroatoms. The Morgan fingerprint density at radius 2 is 1.76 bits per heavy atom. The van der Waals surface area contributed by atoms with Crippen LogP contribution in [-0.4, -0.2) is 31.9 Å². The Bertz CT molecular complexity index is 1360. The summed E-state index contributed by atoms with van der Waals surface area (Å²) in [5.74, 6) is 0.509. The number of nitrogens with one attached hydrogen (secondary N) is 2. The Hall–Kier alpha value is -3.49. The molecule has 1 aliphatic carbocycles. The lowest BCUT2D eigenvalue weighted by atomic mass is 9.91. The molecule has 3 heterocycles. The van der Waals surface area contributed by atoms with Crippen LogP contribution in [0.5, 0.6) is 0 Å². The summed E-state index contributed by atoms with van der Waals surface area (Å²) in [6.07, 6.45) is -0.271. The first-order valence-electron chi connectivity index (χ1n) is 11.4. The number of amides is 1. The van der Waals surface area contributed by atoms with E-state index in [9.17, 15) is 18.0 Å². The number of aromatic nitrogens is 3. The van der Waals surface area contributed by atoms with Gasteiger partial charge in [-0.05, 0) is 62.9 Å².